The van der Waals surface area contributed by atoms with Crippen LogP contribution in [0.5, 0.6) is 0 Å². The predicted octanol–water partition coefficient (Wildman–Crippen LogP) is 2.73. The van der Waals surface area contributed by atoms with Gasteiger partial charge < -0.3 is 15.4 Å². The number of thioether (sulfide) groups is 1. The van der Waals surface area contributed by atoms with E-state index in [9.17, 15) is 14.9 Å². The maximum Gasteiger partial charge on any atom is 0.337 e. The van der Waals surface area contributed by atoms with E-state index < -0.39 is 12.0 Å². The van der Waals surface area contributed by atoms with Crippen LogP contribution in [0.25, 0.3) is 0 Å². The van der Waals surface area contributed by atoms with Crippen LogP contribution in [-0.4, -0.2) is 47.0 Å². The fourth-order valence-corrected chi connectivity index (χ4v) is 4.45. The summed E-state index contributed by atoms with van der Waals surface area (Å²) in [6, 6.07) is 8.37. The maximum absolute atomic E-state index is 13.4. The lowest BCUT2D eigenvalue weighted by atomic mass is 9.92. The topological polar surface area (TPSA) is 112 Å². The van der Waals surface area contributed by atoms with Gasteiger partial charge in [-0.1, -0.05) is 12.1 Å². The van der Waals surface area contributed by atoms with Crippen molar-refractivity contribution < 1.29 is 14.3 Å². The monoisotopic (exact) mass is 425 g/mol. The van der Waals surface area contributed by atoms with E-state index in [-0.39, 0.29) is 11.7 Å². The highest BCUT2D eigenvalue weighted by atomic mass is 32.2. The van der Waals surface area contributed by atoms with E-state index in [0.717, 1.165) is 5.56 Å². The third-order valence-electron chi connectivity index (χ3n) is 5.11. The Kier molecular flexibility index (Phi) is 6.17. The Labute approximate surface area is 179 Å². The molecule has 2 aliphatic heterocycles. The summed E-state index contributed by atoms with van der Waals surface area (Å²) in [6.45, 7) is 6.74. The first kappa shape index (κ1) is 21.5. The molecule has 8 nitrogen and oxygen atoms in total. The van der Waals surface area contributed by atoms with Crippen LogP contribution in [-0.2, 0) is 9.53 Å². The van der Waals surface area contributed by atoms with Gasteiger partial charge in [0, 0.05) is 13.1 Å². The number of fused-ring (bicyclic) bond motifs is 1. The summed E-state index contributed by atoms with van der Waals surface area (Å²) in [6.07, 6.45) is 0. The van der Waals surface area contributed by atoms with Gasteiger partial charge in [-0.2, -0.15) is 5.26 Å². The van der Waals surface area contributed by atoms with Gasteiger partial charge in [-0.25, -0.2) is 9.79 Å². The predicted molar refractivity (Wildman–Crippen MR) is 115 cm³/mol. The van der Waals surface area contributed by atoms with E-state index in [2.05, 4.69) is 11.1 Å². The first-order valence-corrected chi connectivity index (χ1v) is 10.3. The molecule has 0 bridgehead atoms. The van der Waals surface area contributed by atoms with E-state index in [1.807, 2.05) is 13.8 Å². The lowest BCUT2D eigenvalue weighted by Crippen LogP contribution is -2.42. The molecule has 2 heterocycles. The molecule has 0 aliphatic carbocycles. The molecule has 0 unspecified atom stereocenters. The summed E-state index contributed by atoms with van der Waals surface area (Å²) in [7, 11) is 1.32. The number of amides is 1. The number of methoxy groups -OCH3 is 1. The smallest absolute Gasteiger partial charge is 0.337 e. The van der Waals surface area contributed by atoms with Gasteiger partial charge in [0.25, 0.3) is 5.91 Å². The number of benzene rings is 1. The Morgan fingerprint density at radius 3 is 2.47 bits per heavy atom. The van der Waals surface area contributed by atoms with E-state index >= 15 is 0 Å². The number of esters is 1. The van der Waals surface area contributed by atoms with Crippen molar-refractivity contribution in [2.45, 2.75) is 26.8 Å². The number of aliphatic imine (C=N–C) groups is 1. The van der Waals surface area contributed by atoms with Crippen molar-refractivity contribution in [1.82, 2.24) is 9.80 Å². The molecule has 0 saturated carbocycles. The summed E-state index contributed by atoms with van der Waals surface area (Å²) in [4.78, 5) is 33.6. The summed E-state index contributed by atoms with van der Waals surface area (Å²) in [5.74, 6) is -0.312. The van der Waals surface area contributed by atoms with Gasteiger partial charge in [-0.05, 0) is 50.2 Å². The Balaban J connectivity index is 2.16. The number of hydrogen-bond acceptors (Lipinski definition) is 8. The highest BCUT2D eigenvalue weighted by Gasteiger charge is 2.42. The third kappa shape index (κ3) is 3.55. The molecule has 9 heteroatoms. The number of hydrogen-bond donors (Lipinski definition) is 1. The molecule has 0 saturated heterocycles. The Bertz CT molecular complexity index is 1020. The average molecular weight is 426 g/mol. The minimum atomic E-state index is -0.560. The van der Waals surface area contributed by atoms with Gasteiger partial charge in [0.1, 0.15) is 16.8 Å². The lowest BCUT2D eigenvalue weighted by Gasteiger charge is -2.36. The Morgan fingerprint density at radius 2 is 1.93 bits per heavy atom. The van der Waals surface area contributed by atoms with Crippen molar-refractivity contribution in [1.29, 1.82) is 5.26 Å². The zero-order chi connectivity index (χ0) is 22.0. The van der Waals surface area contributed by atoms with Crippen molar-refractivity contribution >= 4 is 28.8 Å². The number of carbonyl (C=O) groups is 2. The molecule has 0 spiro atoms. The molecule has 0 radical (unpaired) electrons. The molecule has 2 N–H and O–H groups in total. The molecule has 1 amide bonds. The summed E-state index contributed by atoms with van der Waals surface area (Å²) in [5.41, 5.74) is 8.52. The van der Waals surface area contributed by atoms with Crippen LogP contribution in [0.4, 0.5) is 0 Å². The van der Waals surface area contributed by atoms with Gasteiger partial charge in [0.2, 0.25) is 0 Å². The van der Waals surface area contributed by atoms with Crippen LogP contribution >= 0.6 is 11.8 Å². The quantitative estimate of drug-likeness (QED) is 0.722. The summed E-state index contributed by atoms with van der Waals surface area (Å²) < 4.78 is 4.77. The van der Waals surface area contributed by atoms with E-state index in [1.165, 1.54) is 18.9 Å². The lowest BCUT2D eigenvalue weighted by molar-refractivity contribution is -0.127. The van der Waals surface area contributed by atoms with E-state index in [0.29, 0.717) is 40.0 Å². The van der Waals surface area contributed by atoms with E-state index in [4.69, 9.17) is 10.5 Å². The van der Waals surface area contributed by atoms with Gasteiger partial charge in [-0.15, -0.1) is 0 Å². The normalized spacial score (nSPS) is 18.0. The van der Waals surface area contributed by atoms with Gasteiger partial charge in [0.05, 0.1) is 30.0 Å². The first-order valence-electron chi connectivity index (χ1n) is 9.51. The number of likely N-dealkylation sites (N-methyl/N-ethyl adjacent to an activating group) is 1. The summed E-state index contributed by atoms with van der Waals surface area (Å²) in [5, 5.41) is 9.99. The molecule has 30 heavy (non-hydrogen) atoms. The number of allylic oxidation sites excluding steroid dienone is 2. The van der Waals surface area contributed by atoms with Crippen molar-refractivity contribution in [2.75, 3.05) is 20.2 Å². The SMILES string of the molecule is CCN(CC)C(=O)C1=C(C)N=C2SC(C#N)=C(N)N2[C@H]1c1ccc(C(=O)OC)cc1. The fourth-order valence-electron chi connectivity index (χ4n) is 3.53. The zero-order valence-corrected chi connectivity index (χ0v) is 18.1. The number of nitriles is 1. The zero-order valence-electron chi connectivity index (χ0n) is 17.3. The molecule has 1 aromatic carbocycles. The molecule has 156 valence electrons. The molecule has 0 aromatic heterocycles. The second-order valence-electron chi connectivity index (χ2n) is 6.69. The number of rotatable bonds is 5. The molecular weight excluding hydrogens is 402 g/mol. The van der Waals surface area contributed by atoms with Crippen LogP contribution in [0, 0.1) is 11.3 Å². The number of ether oxygens (including phenoxy) is 1. The second-order valence-corrected chi connectivity index (χ2v) is 7.66. The number of nitrogens with two attached hydrogens (primary N) is 1. The number of amidine groups is 1. The molecular formula is C21H23N5O3S. The second kappa shape index (κ2) is 8.63. The number of nitrogens with zero attached hydrogens (tertiary/aromatic N) is 4. The van der Waals surface area contributed by atoms with Crippen LogP contribution < -0.4 is 5.73 Å². The number of carbonyl (C=O) groups excluding carboxylic acids is 2. The van der Waals surface area contributed by atoms with Crippen molar-refractivity contribution in [3.63, 3.8) is 0 Å². The average Bonchev–Trinajstić information content (AvgIpc) is 3.08. The standard InChI is InChI=1S/C21H23N5O3S/c1-5-25(6-2)19(27)16-12(3)24-21-26(18(23)15(11-22)30-21)17(16)13-7-9-14(10-8-13)20(28)29-4/h7-10,17H,5-6,23H2,1-4H3/t17-/m0/s1. The van der Waals surface area contributed by atoms with Crippen LogP contribution in [0.1, 0.15) is 42.7 Å². The van der Waals surface area contributed by atoms with Crippen LogP contribution in [0.2, 0.25) is 0 Å². The maximum atomic E-state index is 13.4. The third-order valence-corrected chi connectivity index (χ3v) is 6.08. The van der Waals surface area contributed by atoms with Crippen molar-refractivity contribution in [2.24, 2.45) is 10.7 Å². The molecule has 0 fully saturated rings. The molecule has 3 rings (SSSR count). The largest absolute Gasteiger partial charge is 0.465 e. The van der Waals surface area contributed by atoms with Gasteiger partial charge in [-0.3, -0.25) is 9.69 Å². The molecule has 2 aliphatic rings. The van der Waals surface area contributed by atoms with Crippen molar-refractivity contribution in [3.8, 4) is 6.07 Å². The Morgan fingerprint density at radius 1 is 1.30 bits per heavy atom. The fraction of sp³-hybridized carbons (Fsp3) is 0.333. The minimum absolute atomic E-state index is 0.134. The van der Waals surface area contributed by atoms with Crippen LogP contribution in [0.15, 0.2) is 51.3 Å². The van der Waals surface area contributed by atoms with Crippen molar-refractivity contribution in [3.05, 3.63) is 57.4 Å². The van der Waals surface area contributed by atoms with Gasteiger partial charge >= 0.3 is 5.97 Å². The van der Waals surface area contributed by atoms with E-state index in [1.54, 1.807) is 41.0 Å². The van der Waals surface area contributed by atoms with Gasteiger partial charge in [0.15, 0.2) is 5.17 Å². The minimum Gasteiger partial charge on any atom is -0.465 e. The summed E-state index contributed by atoms with van der Waals surface area (Å²) >= 11 is 1.19. The first-order chi connectivity index (χ1) is 14.4. The molecule has 1 atom stereocenters. The van der Waals surface area contributed by atoms with Crippen LogP contribution in [0.3, 0.4) is 0 Å². The highest BCUT2D eigenvalue weighted by molar-refractivity contribution is 8.17. The Hall–Kier alpha value is -3.25. The highest BCUT2D eigenvalue weighted by Crippen LogP contribution is 2.45. The molecule has 1 aromatic rings.